The zero-order chi connectivity index (χ0) is 11.5. The second-order valence-electron chi connectivity index (χ2n) is 4.20. The Morgan fingerprint density at radius 1 is 1.24 bits per heavy atom. The highest BCUT2D eigenvalue weighted by molar-refractivity contribution is 5.47. The van der Waals surface area contributed by atoms with Crippen molar-refractivity contribution in [2.45, 2.75) is 32.2 Å². The lowest BCUT2D eigenvalue weighted by atomic mass is 9.96. The molecule has 2 heterocycles. The summed E-state index contributed by atoms with van der Waals surface area (Å²) in [7, 11) is 0. The Labute approximate surface area is 99.3 Å². The lowest BCUT2D eigenvalue weighted by molar-refractivity contribution is 0.412. The standard InChI is InChI=1S/C12H14N4O/c1-2-4-11-10(3-1)12(15-8-14-11)13-7-9-5-6-17-16-9/h5-6,8H,1-4,7H2,(H,13,14,15). The predicted molar refractivity (Wildman–Crippen MR) is 62.5 cm³/mol. The molecule has 0 fully saturated rings. The first-order chi connectivity index (χ1) is 8.43. The molecule has 1 N–H and O–H groups in total. The second kappa shape index (κ2) is 4.53. The number of fused-ring (bicyclic) bond motifs is 1. The first-order valence-corrected chi connectivity index (χ1v) is 5.89. The lowest BCUT2D eigenvalue weighted by Crippen LogP contribution is -2.12. The van der Waals surface area contributed by atoms with E-state index in [-0.39, 0.29) is 0 Å². The second-order valence-corrected chi connectivity index (χ2v) is 4.20. The summed E-state index contributed by atoms with van der Waals surface area (Å²) < 4.78 is 4.79. The van der Waals surface area contributed by atoms with Crippen LogP contribution in [0.1, 0.15) is 29.8 Å². The minimum absolute atomic E-state index is 0.639. The van der Waals surface area contributed by atoms with E-state index in [4.69, 9.17) is 4.52 Å². The normalized spacial score (nSPS) is 14.4. The third kappa shape index (κ3) is 2.13. The van der Waals surface area contributed by atoms with Crippen LogP contribution >= 0.6 is 0 Å². The van der Waals surface area contributed by atoms with Gasteiger partial charge in [0.1, 0.15) is 24.1 Å². The quantitative estimate of drug-likeness (QED) is 0.873. The fourth-order valence-electron chi connectivity index (χ4n) is 2.18. The third-order valence-corrected chi connectivity index (χ3v) is 3.05. The molecule has 2 aromatic heterocycles. The van der Waals surface area contributed by atoms with Crippen LogP contribution in [0.2, 0.25) is 0 Å². The SMILES string of the molecule is c1nc2c(c(NCc3ccon3)n1)CCCC2. The van der Waals surface area contributed by atoms with Gasteiger partial charge >= 0.3 is 0 Å². The van der Waals surface area contributed by atoms with Gasteiger partial charge in [-0.25, -0.2) is 9.97 Å². The molecule has 0 amide bonds. The number of anilines is 1. The Hall–Kier alpha value is -1.91. The summed E-state index contributed by atoms with van der Waals surface area (Å²) in [6.07, 6.45) is 7.79. The van der Waals surface area contributed by atoms with Crippen LogP contribution in [0.15, 0.2) is 23.2 Å². The van der Waals surface area contributed by atoms with Gasteiger partial charge in [0.2, 0.25) is 0 Å². The molecular weight excluding hydrogens is 216 g/mol. The number of rotatable bonds is 3. The van der Waals surface area contributed by atoms with E-state index in [9.17, 15) is 0 Å². The number of hydrogen-bond donors (Lipinski definition) is 1. The molecule has 0 atom stereocenters. The molecule has 0 bridgehead atoms. The topological polar surface area (TPSA) is 63.8 Å². The molecule has 5 nitrogen and oxygen atoms in total. The molecule has 0 aromatic carbocycles. The molecule has 5 heteroatoms. The molecular formula is C12H14N4O. The molecule has 17 heavy (non-hydrogen) atoms. The summed E-state index contributed by atoms with van der Waals surface area (Å²) in [5.41, 5.74) is 3.34. The van der Waals surface area contributed by atoms with Gasteiger partial charge < -0.3 is 9.84 Å². The highest BCUT2D eigenvalue weighted by Crippen LogP contribution is 2.24. The zero-order valence-corrected chi connectivity index (χ0v) is 9.52. The van der Waals surface area contributed by atoms with E-state index in [2.05, 4.69) is 20.4 Å². The smallest absolute Gasteiger partial charge is 0.133 e. The number of nitrogens with one attached hydrogen (secondary N) is 1. The van der Waals surface area contributed by atoms with Gasteiger partial charge in [0.05, 0.1) is 6.54 Å². The van der Waals surface area contributed by atoms with Crippen LogP contribution in [0.25, 0.3) is 0 Å². The van der Waals surface area contributed by atoms with Crippen LogP contribution in [0.5, 0.6) is 0 Å². The summed E-state index contributed by atoms with van der Waals surface area (Å²) in [6, 6.07) is 1.85. The van der Waals surface area contributed by atoms with Gasteiger partial charge in [-0.15, -0.1) is 0 Å². The Bertz CT molecular complexity index is 495. The van der Waals surface area contributed by atoms with Crippen LogP contribution in [-0.2, 0) is 19.4 Å². The van der Waals surface area contributed by atoms with Crippen molar-refractivity contribution in [1.82, 2.24) is 15.1 Å². The van der Waals surface area contributed by atoms with Crippen molar-refractivity contribution in [3.63, 3.8) is 0 Å². The number of nitrogens with zero attached hydrogens (tertiary/aromatic N) is 3. The van der Waals surface area contributed by atoms with Gasteiger partial charge in [0.15, 0.2) is 0 Å². The summed E-state index contributed by atoms with van der Waals surface area (Å²) in [5, 5.41) is 7.16. The van der Waals surface area contributed by atoms with E-state index in [1.165, 1.54) is 24.1 Å². The van der Waals surface area contributed by atoms with Crippen LogP contribution in [0.3, 0.4) is 0 Å². The Morgan fingerprint density at radius 3 is 3.06 bits per heavy atom. The molecule has 0 unspecified atom stereocenters. The van der Waals surface area contributed by atoms with Crippen LogP contribution in [0, 0.1) is 0 Å². The summed E-state index contributed by atoms with van der Waals surface area (Å²) in [4.78, 5) is 8.65. The van der Waals surface area contributed by atoms with Crippen molar-refractivity contribution < 1.29 is 4.52 Å². The molecule has 0 aliphatic heterocycles. The van der Waals surface area contributed by atoms with Crippen LogP contribution in [-0.4, -0.2) is 15.1 Å². The van der Waals surface area contributed by atoms with Crippen molar-refractivity contribution >= 4 is 5.82 Å². The number of aryl methyl sites for hydroxylation is 1. The first-order valence-electron chi connectivity index (χ1n) is 5.89. The van der Waals surface area contributed by atoms with Crippen molar-refractivity contribution in [3.8, 4) is 0 Å². The van der Waals surface area contributed by atoms with Gasteiger partial charge in [-0.05, 0) is 25.7 Å². The maximum atomic E-state index is 4.79. The summed E-state index contributed by atoms with van der Waals surface area (Å²) >= 11 is 0. The van der Waals surface area contributed by atoms with Crippen molar-refractivity contribution in [2.24, 2.45) is 0 Å². The van der Waals surface area contributed by atoms with Gasteiger partial charge in [-0.2, -0.15) is 0 Å². The Balaban J connectivity index is 1.78. The molecule has 3 rings (SSSR count). The maximum absolute atomic E-state index is 4.79. The van der Waals surface area contributed by atoms with Crippen LogP contribution in [0.4, 0.5) is 5.82 Å². The van der Waals surface area contributed by atoms with Crippen molar-refractivity contribution in [3.05, 3.63) is 35.6 Å². The molecule has 2 aromatic rings. The predicted octanol–water partition coefficient (Wildman–Crippen LogP) is 1.96. The maximum Gasteiger partial charge on any atom is 0.133 e. The van der Waals surface area contributed by atoms with E-state index >= 15 is 0 Å². The molecule has 1 aliphatic carbocycles. The minimum Gasteiger partial charge on any atom is -0.364 e. The average Bonchev–Trinajstić information content (AvgIpc) is 2.89. The van der Waals surface area contributed by atoms with E-state index in [0.717, 1.165) is 24.4 Å². The van der Waals surface area contributed by atoms with E-state index in [1.54, 1.807) is 12.6 Å². The fraction of sp³-hybridized carbons (Fsp3) is 0.417. The van der Waals surface area contributed by atoms with E-state index in [1.807, 2.05) is 6.07 Å². The van der Waals surface area contributed by atoms with E-state index in [0.29, 0.717) is 6.54 Å². The minimum atomic E-state index is 0.639. The average molecular weight is 230 g/mol. The van der Waals surface area contributed by atoms with Gasteiger partial charge in [-0.1, -0.05) is 5.16 Å². The Kier molecular flexibility index (Phi) is 2.73. The summed E-state index contributed by atoms with van der Waals surface area (Å²) in [6.45, 7) is 0.639. The molecule has 0 radical (unpaired) electrons. The summed E-state index contributed by atoms with van der Waals surface area (Å²) in [5.74, 6) is 0.942. The van der Waals surface area contributed by atoms with Crippen molar-refractivity contribution in [2.75, 3.05) is 5.32 Å². The zero-order valence-electron chi connectivity index (χ0n) is 9.52. The lowest BCUT2D eigenvalue weighted by Gasteiger charge is -2.17. The van der Waals surface area contributed by atoms with Gasteiger partial charge in [0, 0.05) is 17.3 Å². The number of aromatic nitrogens is 3. The monoisotopic (exact) mass is 230 g/mol. The van der Waals surface area contributed by atoms with Crippen molar-refractivity contribution in [1.29, 1.82) is 0 Å². The Morgan fingerprint density at radius 2 is 2.18 bits per heavy atom. The molecule has 0 saturated carbocycles. The molecule has 0 spiro atoms. The van der Waals surface area contributed by atoms with Crippen LogP contribution < -0.4 is 5.32 Å². The largest absolute Gasteiger partial charge is 0.364 e. The fourth-order valence-corrected chi connectivity index (χ4v) is 2.18. The third-order valence-electron chi connectivity index (χ3n) is 3.05. The number of hydrogen-bond acceptors (Lipinski definition) is 5. The van der Waals surface area contributed by atoms with E-state index < -0.39 is 0 Å². The highest BCUT2D eigenvalue weighted by Gasteiger charge is 2.15. The molecule has 1 aliphatic rings. The first kappa shape index (κ1) is 10.3. The highest BCUT2D eigenvalue weighted by atomic mass is 16.5. The van der Waals surface area contributed by atoms with Gasteiger partial charge in [-0.3, -0.25) is 0 Å². The molecule has 0 saturated heterocycles. The molecule has 88 valence electrons. The van der Waals surface area contributed by atoms with Gasteiger partial charge in [0.25, 0.3) is 0 Å².